The van der Waals surface area contributed by atoms with Gasteiger partial charge in [0.2, 0.25) is 5.95 Å². The lowest BCUT2D eigenvalue weighted by Crippen LogP contribution is -2.35. The van der Waals surface area contributed by atoms with Gasteiger partial charge in [-0.3, -0.25) is 4.79 Å². The quantitative estimate of drug-likeness (QED) is 0.660. The molecule has 4 rings (SSSR count). The van der Waals surface area contributed by atoms with E-state index in [4.69, 9.17) is 4.74 Å². The van der Waals surface area contributed by atoms with Gasteiger partial charge in [0.1, 0.15) is 23.0 Å². The second-order valence-electron chi connectivity index (χ2n) is 7.74. The summed E-state index contributed by atoms with van der Waals surface area (Å²) in [5.41, 5.74) is 1.91. The Morgan fingerprint density at radius 1 is 1.28 bits per heavy atom. The number of anilines is 1. The third kappa shape index (κ3) is 3.64. The molecule has 6 nitrogen and oxygen atoms in total. The number of ether oxygens (including phenoxy) is 1. The molecule has 1 aliphatic heterocycles. The highest BCUT2D eigenvalue weighted by atomic mass is 19.4. The van der Waals surface area contributed by atoms with Crippen molar-refractivity contribution >= 4 is 22.8 Å². The molecule has 0 aliphatic carbocycles. The summed E-state index contributed by atoms with van der Waals surface area (Å²) >= 11 is 0. The Kier molecular flexibility index (Phi) is 4.29. The van der Waals surface area contributed by atoms with Crippen LogP contribution in [0.5, 0.6) is 5.75 Å². The Morgan fingerprint density at radius 2 is 2.03 bits per heavy atom. The normalized spacial score (nSPS) is 17.0. The summed E-state index contributed by atoms with van der Waals surface area (Å²) in [6.07, 6.45) is -0.914. The van der Waals surface area contributed by atoms with Crippen LogP contribution < -0.4 is 10.1 Å². The molecule has 2 N–H and O–H groups in total. The molecule has 0 saturated carbocycles. The molecule has 0 radical (unpaired) electrons. The van der Waals surface area contributed by atoms with E-state index in [0.717, 1.165) is 18.1 Å². The molecule has 29 heavy (non-hydrogen) atoms. The number of H-pyrrole nitrogens is 1. The predicted octanol–water partition coefficient (Wildman–Crippen LogP) is 4.73. The monoisotopic (exact) mass is 404 g/mol. The van der Waals surface area contributed by atoms with E-state index in [-0.39, 0.29) is 11.7 Å². The van der Waals surface area contributed by atoms with Gasteiger partial charge in [0.25, 0.3) is 0 Å². The minimum Gasteiger partial charge on any atom is -0.487 e. The van der Waals surface area contributed by atoms with Gasteiger partial charge >= 0.3 is 6.18 Å². The maximum absolute atomic E-state index is 12.7. The Bertz CT molecular complexity index is 1100. The molecular formula is C20H19F3N4O2. The van der Waals surface area contributed by atoms with Crippen molar-refractivity contribution in [1.29, 1.82) is 0 Å². The molecule has 1 aromatic carbocycles. The Morgan fingerprint density at radius 3 is 2.76 bits per heavy atom. The Balaban J connectivity index is 1.68. The number of benzene rings is 1. The van der Waals surface area contributed by atoms with E-state index in [0.29, 0.717) is 28.8 Å². The number of hydrogen-bond acceptors (Lipinski definition) is 5. The van der Waals surface area contributed by atoms with Gasteiger partial charge in [0, 0.05) is 23.3 Å². The second kappa shape index (κ2) is 6.47. The van der Waals surface area contributed by atoms with Crippen LogP contribution in [0.1, 0.15) is 37.6 Å². The van der Waals surface area contributed by atoms with Gasteiger partial charge in [0.05, 0.1) is 12.0 Å². The van der Waals surface area contributed by atoms with Crippen LogP contribution >= 0.6 is 0 Å². The summed E-state index contributed by atoms with van der Waals surface area (Å²) in [4.78, 5) is 23.4. The van der Waals surface area contributed by atoms with Crippen LogP contribution in [0, 0.1) is 0 Å². The fourth-order valence-corrected chi connectivity index (χ4v) is 3.31. The molecule has 3 aromatic rings. The van der Waals surface area contributed by atoms with Crippen LogP contribution in [0.25, 0.3) is 22.2 Å². The molecular weight excluding hydrogens is 385 g/mol. The van der Waals surface area contributed by atoms with E-state index in [1.165, 1.54) is 6.20 Å². The minimum absolute atomic E-state index is 0.0274. The lowest BCUT2D eigenvalue weighted by atomic mass is 9.91. The third-order valence-electron chi connectivity index (χ3n) is 4.83. The summed E-state index contributed by atoms with van der Waals surface area (Å²) in [6.45, 7) is 4.72. The number of halogens is 3. The van der Waals surface area contributed by atoms with Gasteiger partial charge in [-0.25, -0.2) is 4.98 Å². The fourth-order valence-electron chi connectivity index (χ4n) is 3.31. The van der Waals surface area contributed by atoms with Crippen molar-refractivity contribution < 1.29 is 22.7 Å². The predicted molar refractivity (Wildman–Crippen MR) is 102 cm³/mol. The van der Waals surface area contributed by atoms with Crippen LogP contribution in [0.2, 0.25) is 0 Å². The van der Waals surface area contributed by atoms with Crippen LogP contribution in [0.15, 0.2) is 30.6 Å². The average Bonchev–Trinajstić information content (AvgIpc) is 3.02. The summed E-state index contributed by atoms with van der Waals surface area (Å²) in [5.74, 6) is 0.424. The van der Waals surface area contributed by atoms with Crippen molar-refractivity contribution in [2.75, 3.05) is 5.32 Å². The summed E-state index contributed by atoms with van der Waals surface area (Å²) in [7, 11) is 0. The molecule has 1 atom stereocenters. The first-order chi connectivity index (χ1) is 13.5. The number of nitrogens with one attached hydrogen (secondary N) is 2. The number of carbonyl (C=O) groups is 1. The first kappa shape index (κ1) is 19.2. The number of Topliss-reactive ketones (excluding diaryl/α,β-unsaturated/α-hetero) is 1. The Labute approximate surface area is 164 Å². The molecule has 0 saturated heterocycles. The SMILES string of the molecule is C[C@H](Nc1ncc2c(-c3ccc4c(c3)OC(C)(C)CC4=O)c[nH]c2n1)C(F)(F)F. The van der Waals surface area contributed by atoms with Gasteiger partial charge in [0.15, 0.2) is 5.78 Å². The molecule has 0 amide bonds. The molecule has 0 spiro atoms. The number of hydrogen-bond donors (Lipinski definition) is 2. The van der Waals surface area contributed by atoms with Crippen LogP contribution in [-0.2, 0) is 0 Å². The number of rotatable bonds is 3. The zero-order valence-electron chi connectivity index (χ0n) is 16.0. The van der Waals surface area contributed by atoms with E-state index in [9.17, 15) is 18.0 Å². The molecule has 2 aromatic heterocycles. The number of fused-ring (bicyclic) bond motifs is 2. The van der Waals surface area contributed by atoms with Crippen LogP contribution in [0.4, 0.5) is 19.1 Å². The van der Waals surface area contributed by atoms with E-state index in [1.54, 1.807) is 24.4 Å². The zero-order chi connectivity index (χ0) is 21.0. The largest absolute Gasteiger partial charge is 0.487 e. The first-order valence-electron chi connectivity index (χ1n) is 9.07. The molecule has 0 fully saturated rings. The van der Waals surface area contributed by atoms with Crippen molar-refractivity contribution in [2.24, 2.45) is 0 Å². The lowest BCUT2D eigenvalue weighted by molar-refractivity contribution is -0.138. The topological polar surface area (TPSA) is 79.9 Å². The summed E-state index contributed by atoms with van der Waals surface area (Å²) < 4.78 is 44.2. The molecule has 3 heterocycles. The summed E-state index contributed by atoms with van der Waals surface area (Å²) in [6, 6.07) is 3.55. The van der Waals surface area contributed by atoms with Gasteiger partial charge in [-0.1, -0.05) is 6.07 Å². The number of nitrogens with zero attached hydrogens (tertiary/aromatic N) is 2. The fraction of sp³-hybridized carbons (Fsp3) is 0.350. The maximum atomic E-state index is 12.7. The Hall–Kier alpha value is -3.10. The second-order valence-corrected chi connectivity index (χ2v) is 7.74. The smallest absolute Gasteiger partial charge is 0.408 e. The minimum atomic E-state index is -4.40. The van der Waals surface area contributed by atoms with Crippen molar-refractivity contribution in [3.63, 3.8) is 0 Å². The molecule has 0 bridgehead atoms. The number of alkyl halides is 3. The molecule has 9 heteroatoms. The highest BCUT2D eigenvalue weighted by Crippen LogP contribution is 2.37. The van der Waals surface area contributed by atoms with Gasteiger partial charge < -0.3 is 15.0 Å². The van der Waals surface area contributed by atoms with Crippen LogP contribution in [0.3, 0.4) is 0 Å². The number of ketones is 1. The zero-order valence-corrected chi connectivity index (χ0v) is 16.0. The van der Waals surface area contributed by atoms with E-state index in [1.807, 2.05) is 13.8 Å². The molecule has 0 unspecified atom stereocenters. The standard InChI is InChI=1S/C20H19F3N4O2/c1-10(20(21,22)23)26-18-25-9-14-13(8-24-17(14)27-18)11-4-5-12-15(28)7-19(2,3)29-16(12)6-11/h4-6,8-10H,7H2,1-3H3,(H2,24,25,26,27)/t10-/m0/s1. The van der Waals surface area contributed by atoms with Crippen molar-refractivity contribution in [3.05, 3.63) is 36.2 Å². The van der Waals surface area contributed by atoms with Crippen LogP contribution in [-0.4, -0.2) is 38.6 Å². The van der Waals surface area contributed by atoms with Crippen molar-refractivity contribution in [3.8, 4) is 16.9 Å². The van der Waals surface area contributed by atoms with E-state index < -0.39 is 17.8 Å². The molecule has 1 aliphatic rings. The number of aromatic nitrogens is 3. The van der Waals surface area contributed by atoms with Crippen molar-refractivity contribution in [2.45, 2.75) is 45.0 Å². The summed E-state index contributed by atoms with van der Waals surface area (Å²) in [5, 5.41) is 2.90. The molecule has 152 valence electrons. The van der Waals surface area contributed by atoms with E-state index in [2.05, 4.69) is 20.3 Å². The third-order valence-corrected chi connectivity index (χ3v) is 4.83. The van der Waals surface area contributed by atoms with Gasteiger partial charge in [-0.05, 0) is 38.5 Å². The lowest BCUT2D eigenvalue weighted by Gasteiger charge is -2.31. The van der Waals surface area contributed by atoms with Crippen molar-refractivity contribution in [1.82, 2.24) is 15.0 Å². The highest BCUT2D eigenvalue weighted by Gasteiger charge is 2.36. The maximum Gasteiger partial charge on any atom is 0.408 e. The number of aromatic amines is 1. The average molecular weight is 404 g/mol. The number of carbonyl (C=O) groups excluding carboxylic acids is 1. The highest BCUT2D eigenvalue weighted by molar-refractivity contribution is 6.02. The first-order valence-corrected chi connectivity index (χ1v) is 9.07. The van der Waals surface area contributed by atoms with E-state index >= 15 is 0 Å². The van der Waals surface area contributed by atoms with Gasteiger partial charge in [-0.15, -0.1) is 0 Å². The van der Waals surface area contributed by atoms with Gasteiger partial charge in [-0.2, -0.15) is 18.2 Å².